The van der Waals surface area contributed by atoms with Crippen LogP contribution < -0.4 is 15.2 Å². The van der Waals surface area contributed by atoms with Crippen LogP contribution in [0.1, 0.15) is 30.9 Å². The Kier molecular flexibility index (Phi) is 3.26. The highest BCUT2D eigenvalue weighted by atomic mass is 35.5. The molecule has 1 aliphatic heterocycles. The zero-order chi connectivity index (χ0) is 14.3. The van der Waals surface area contributed by atoms with Gasteiger partial charge in [-0.2, -0.15) is 0 Å². The molecule has 1 unspecified atom stereocenters. The number of nitrogens with two attached hydrogens (primary N) is 1. The fraction of sp³-hybridized carbons (Fsp3) is 0.500. The average Bonchev–Trinajstić information content (AvgIpc) is 3.16. The fourth-order valence-corrected chi connectivity index (χ4v) is 2.62. The molecule has 0 radical (unpaired) electrons. The zero-order valence-corrected chi connectivity index (χ0v) is 11.7. The van der Waals surface area contributed by atoms with Gasteiger partial charge in [0.05, 0.1) is 19.6 Å². The predicted octanol–water partition coefficient (Wildman–Crippen LogP) is 2.37. The molecule has 5 nitrogen and oxygen atoms in total. The van der Waals surface area contributed by atoms with Gasteiger partial charge in [-0.3, -0.25) is 4.79 Å². The minimum absolute atomic E-state index is 0.148. The van der Waals surface area contributed by atoms with E-state index in [0.29, 0.717) is 35.3 Å². The van der Waals surface area contributed by atoms with E-state index in [-0.39, 0.29) is 11.8 Å². The van der Waals surface area contributed by atoms with Gasteiger partial charge >= 0.3 is 5.97 Å². The third-order valence-electron chi connectivity index (χ3n) is 3.88. The van der Waals surface area contributed by atoms with Crippen molar-refractivity contribution in [1.29, 1.82) is 0 Å². The number of carbonyl (C=O) groups is 1. The van der Waals surface area contributed by atoms with Crippen LogP contribution in [0, 0.1) is 5.41 Å². The van der Waals surface area contributed by atoms with Crippen molar-refractivity contribution in [3.05, 3.63) is 22.7 Å². The number of hydrogen-bond donors (Lipinski definition) is 2. The summed E-state index contributed by atoms with van der Waals surface area (Å²) in [7, 11) is 0. The van der Waals surface area contributed by atoms with Crippen LogP contribution in [0.2, 0.25) is 5.02 Å². The van der Waals surface area contributed by atoms with E-state index in [2.05, 4.69) is 0 Å². The van der Waals surface area contributed by atoms with Crippen molar-refractivity contribution in [3.63, 3.8) is 0 Å². The van der Waals surface area contributed by atoms with Gasteiger partial charge in [0.1, 0.15) is 0 Å². The molecule has 1 heterocycles. The first-order valence-electron chi connectivity index (χ1n) is 6.56. The van der Waals surface area contributed by atoms with Crippen molar-refractivity contribution in [2.45, 2.75) is 25.3 Å². The lowest BCUT2D eigenvalue weighted by Gasteiger charge is -2.15. The smallest absolute Gasteiger partial charge is 0.305 e. The lowest BCUT2D eigenvalue weighted by molar-refractivity contribution is -0.137. The molecule has 0 aromatic heterocycles. The van der Waals surface area contributed by atoms with Gasteiger partial charge in [0.2, 0.25) is 0 Å². The third-order valence-corrected chi connectivity index (χ3v) is 4.21. The van der Waals surface area contributed by atoms with Crippen LogP contribution in [0.25, 0.3) is 0 Å². The highest BCUT2D eigenvalue weighted by Gasteiger charge is 2.46. The summed E-state index contributed by atoms with van der Waals surface area (Å²) in [4.78, 5) is 10.8. The Balaban J connectivity index is 1.87. The lowest BCUT2D eigenvalue weighted by atomic mass is 10.0. The Hall–Kier alpha value is -1.46. The number of benzene rings is 1. The summed E-state index contributed by atoms with van der Waals surface area (Å²) in [5, 5.41) is 9.23. The Bertz CT molecular complexity index is 556. The second kappa shape index (κ2) is 4.82. The standard InChI is InChI=1S/C14H16ClNO4/c15-9-4-12-11(3-8(9)10(16)5-13(17)18)19-6-14(1-2-14)7-20-12/h3-4,10H,1-2,5-7,16H2,(H,17,18). The maximum Gasteiger partial charge on any atom is 0.305 e. The topological polar surface area (TPSA) is 81.8 Å². The Labute approximate surface area is 121 Å². The minimum atomic E-state index is -0.961. The van der Waals surface area contributed by atoms with E-state index < -0.39 is 12.0 Å². The largest absolute Gasteiger partial charge is 0.489 e. The molecule has 2 aliphatic rings. The fourth-order valence-electron chi connectivity index (χ4n) is 2.33. The molecule has 108 valence electrons. The zero-order valence-electron chi connectivity index (χ0n) is 10.9. The molecule has 1 saturated carbocycles. The van der Waals surface area contributed by atoms with Gasteiger partial charge in [0.15, 0.2) is 11.5 Å². The summed E-state index contributed by atoms with van der Waals surface area (Å²) in [6.07, 6.45) is 2.05. The van der Waals surface area contributed by atoms with Gasteiger partial charge < -0.3 is 20.3 Å². The van der Waals surface area contributed by atoms with E-state index in [1.54, 1.807) is 12.1 Å². The van der Waals surface area contributed by atoms with Crippen LogP contribution in [0.3, 0.4) is 0 Å². The van der Waals surface area contributed by atoms with Crippen LogP contribution in [-0.2, 0) is 4.79 Å². The van der Waals surface area contributed by atoms with Crippen LogP contribution in [0.15, 0.2) is 12.1 Å². The highest BCUT2D eigenvalue weighted by molar-refractivity contribution is 6.31. The number of halogens is 1. The quantitative estimate of drug-likeness (QED) is 0.895. The number of carboxylic acids is 1. The maximum absolute atomic E-state index is 10.8. The molecule has 0 amide bonds. The molecule has 0 saturated heterocycles. The summed E-state index contributed by atoms with van der Waals surface area (Å²) in [6, 6.07) is 2.70. The molecule has 1 atom stereocenters. The normalized spacial score (nSPS) is 20.3. The van der Waals surface area contributed by atoms with Crippen molar-refractivity contribution < 1.29 is 19.4 Å². The molecule has 1 aromatic carbocycles. The van der Waals surface area contributed by atoms with E-state index in [1.165, 1.54) is 0 Å². The second-order valence-electron chi connectivity index (χ2n) is 5.60. The first-order valence-corrected chi connectivity index (χ1v) is 6.93. The SMILES string of the molecule is NC(CC(=O)O)c1cc2c(cc1Cl)OCC1(CC1)CO2. The summed E-state index contributed by atoms with van der Waals surface area (Å²) >= 11 is 6.17. The van der Waals surface area contributed by atoms with Crippen LogP contribution >= 0.6 is 11.6 Å². The number of fused-ring (bicyclic) bond motifs is 1. The lowest BCUT2D eigenvalue weighted by Crippen LogP contribution is -2.17. The molecule has 0 bridgehead atoms. The summed E-state index contributed by atoms with van der Waals surface area (Å²) < 4.78 is 11.5. The first kappa shape index (κ1) is 13.5. The van der Waals surface area contributed by atoms with Crippen molar-refractivity contribution in [3.8, 4) is 11.5 Å². The molecule has 3 N–H and O–H groups in total. The predicted molar refractivity (Wildman–Crippen MR) is 73.3 cm³/mol. The molecule has 1 fully saturated rings. The third kappa shape index (κ3) is 2.55. The summed E-state index contributed by atoms with van der Waals surface area (Å²) in [5.41, 5.74) is 6.59. The van der Waals surface area contributed by atoms with Gasteiger partial charge in [0, 0.05) is 22.5 Å². The Morgan fingerprint density at radius 1 is 1.35 bits per heavy atom. The van der Waals surface area contributed by atoms with E-state index in [4.69, 9.17) is 31.9 Å². The molecule has 6 heteroatoms. The molecule has 1 spiro atoms. The molecule has 1 aliphatic carbocycles. The van der Waals surface area contributed by atoms with E-state index in [0.717, 1.165) is 12.8 Å². The minimum Gasteiger partial charge on any atom is -0.489 e. The van der Waals surface area contributed by atoms with Crippen LogP contribution in [0.5, 0.6) is 11.5 Å². The van der Waals surface area contributed by atoms with Gasteiger partial charge in [-0.15, -0.1) is 0 Å². The molecular formula is C14H16ClNO4. The number of rotatable bonds is 3. The van der Waals surface area contributed by atoms with Crippen LogP contribution in [0.4, 0.5) is 0 Å². The maximum atomic E-state index is 10.8. The average molecular weight is 298 g/mol. The molecular weight excluding hydrogens is 282 g/mol. The van der Waals surface area contributed by atoms with Crippen molar-refractivity contribution in [2.75, 3.05) is 13.2 Å². The van der Waals surface area contributed by atoms with Crippen LogP contribution in [-0.4, -0.2) is 24.3 Å². The number of ether oxygens (including phenoxy) is 2. The molecule has 1 aromatic rings. The Morgan fingerprint density at radius 2 is 1.95 bits per heavy atom. The van der Waals surface area contributed by atoms with Gasteiger partial charge in [-0.25, -0.2) is 0 Å². The number of carboxylic acid groups (broad SMARTS) is 1. The van der Waals surface area contributed by atoms with E-state index in [1.807, 2.05) is 0 Å². The second-order valence-corrected chi connectivity index (χ2v) is 6.01. The van der Waals surface area contributed by atoms with Gasteiger partial charge in [-0.05, 0) is 24.5 Å². The van der Waals surface area contributed by atoms with Gasteiger partial charge in [-0.1, -0.05) is 11.6 Å². The highest BCUT2D eigenvalue weighted by Crippen LogP contribution is 2.49. The summed E-state index contributed by atoms with van der Waals surface area (Å²) in [6.45, 7) is 1.26. The molecule has 20 heavy (non-hydrogen) atoms. The van der Waals surface area contributed by atoms with Gasteiger partial charge in [0.25, 0.3) is 0 Å². The number of aliphatic carboxylic acids is 1. The summed E-state index contributed by atoms with van der Waals surface area (Å²) in [5.74, 6) is 0.233. The molecule has 3 rings (SSSR count). The van der Waals surface area contributed by atoms with Crippen molar-refractivity contribution in [2.24, 2.45) is 11.1 Å². The van der Waals surface area contributed by atoms with E-state index in [9.17, 15) is 4.79 Å². The monoisotopic (exact) mass is 297 g/mol. The first-order chi connectivity index (χ1) is 9.49. The van der Waals surface area contributed by atoms with Crippen molar-refractivity contribution in [1.82, 2.24) is 0 Å². The van der Waals surface area contributed by atoms with Crippen molar-refractivity contribution >= 4 is 17.6 Å². The number of hydrogen-bond acceptors (Lipinski definition) is 4. The Morgan fingerprint density at radius 3 is 2.50 bits per heavy atom. The van der Waals surface area contributed by atoms with E-state index >= 15 is 0 Å².